The van der Waals surface area contributed by atoms with Gasteiger partial charge in [0.1, 0.15) is 11.4 Å². The minimum absolute atomic E-state index is 0.257. The first-order chi connectivity index (χ1) is 13.0. The summed E-state index contributed by atoms with van der Waals surface area (Å²) < 4.78 is 2.19. The van der Waals surface area contributed by atoms with Crippen molar-refractivity contribution in [3.05, 3.63) is 75.8 Å². The van der Waals surface area contributed by atoms with E-state index in [2.05, 4.69) is 58.9 Å². The third-order valence-corrected chi connectivity index (χ3v) is 5.84. The Hall–Kier alpha value is -2.46. The van der Waals surface area contributed by atoms with Gasteiger partial charge in [0.05, 0.1) is 11.4 Å². The van der Waals surface area contributed by atoms with E-state index in [1.807, 2.05) is 19.1 Å². The van der Waals surface area contributed by atoms with Gasteiger partial charge in [0, 0.05) is 16.1 Å². The first kappa shape index (κ1) is 16.7. The van der Waals surface area contributed by atoms with E-state index in [0.29, 0.717) is 5.92 Å². The zero-order chi connectivity index (χ0) is 18.8. The molecule has 0 radical (unpaired) electrons. The maximum Gasteiger partial charge on any atom is 0.165 e. The maximum absolute atomic E-state index is 6.13. The lowest BCUT2D eigenvalue weighted by atomic mass is 9.94. The second-order valence-corrected chi connectivity index (χ2v) is 8.27. The van der Waals surface area contributed by atoms with Crippen molar-refractivity contribution in [1.82, 2.24) is 14.8 Å². The molecule has 1 aromatic heterocycles. The maximum atomic E-state index is 6.13. The second-order valence-electron chi connectivity index (χ2n) is 7.84. The standard InChI is InChI=1S/C22H21ClN4/c1-13(2)16-6-9-19-18(12-16)20(15-4-7-17(23)8-5-15)24-22(10-11-22)21-26-25-14(3)27(19)21/h4-9,12-13H,10-11H2,1-3H3. The average Bonchev–Trinajstić information content (AvgIpc) is 3.36. The lowest BCUT2D eigenvalue weighted by Crippen LogP contribution is -2.11. The molecular formula is C22H21ClN4. The van der Waals surface area contributed by atoms with Crippen LogP contribution >= 0.6 is 11.6 Å². The highest BCUT2D eigenvalue weighted by Gasteiger charge is 2.51. The van der Waals surface area contributed by atoms with Gasteiger partial charge in [0.25, 0.3) is 0 Å². The van der Waals surface area contributed by atoms with Crippen LogP contribution in [0.15, 0.2) is 47.5 Å². The zero-order valence-electron chi connectivity index (χ0n) is 15.7. The van der Waals surface area contributed by atoms with E-state index in [9.17, 15) is 0 Å². The minimum atomic E-state index is -0.257. The second kappa shape index (κ2) is 5.77. The van der Waals surface area contributed by atoms with E-state index in [4.69, 9.17) is 16.6 Å². The molecule has 5 rings (SSSR count). The van der Waals surface area contributed by atoms with Crippen LogP contribution in [0.5, 0.6) is 0 Å². The molecule has 2 aliphatic rings. The molecule has 0 N–H and O–H groups in total. The Morgan fingerprint density at radius 2 is 1.78 bits per heavy atom. The summed E-state index contributed by atoms with van der Waals surface area (Å²) in [6, 6.07) is 14.7. The highest BCUT2D eigenvalue weighted by atomic mass is 35.5. The van der Waals surface area contributed by atoms with E-state index >= 15 is 0 Å². The fourth-order valence-corrected chi connectivity index (χ4v) is 3.98. The number of aliphatic imine (C=N–C) groups is 1. The molecule has 3 aromatic rings. The molecule has 0 saturated heterocycles. The average molecular weight is 377 g/mol. The van der Waals surface area contributed by atoms with Gasteiger partial charge in [-0.3, -0.25) is 9.56 Å². The van der Waals surface area contributed by atoms with Crippen LogP contribution in [-0.2, 0) is 5.54 Å². The summed E-state index contributed by atoms with van der Waals surface area (Å²) in [7, 11) is 0. The molecule has 1 aliphatic heterocycles. The molecule has 4 nitrogen and oxygen atoms in total. The molecule has 1 spiro atoms. The molecule has 1 fully saturated rings. The van der Waals surface area contributed by atoms with E-state index in [-0.39, 0.29) is 5.54 Å². The highest BCUT2D eigenvalue weighted by molar-refractivity contribution is 6.30. The van der Waals surface area contributed by atoms with Crippen LogP contribution in [-0.4, -0.2) is 20.5 Å². The smallest absolute Gasteiger partial charge is 0.165 e. The third kappa shape index (κ3) is 2.54. The number of aryl methyl sites for hydroxylation is 1. The first-order valence-electron chi connectivity index (χ1n) is 9.41. The Morgan fingerprint density at radius 1 is 1.04 bits per heavy atom. The van der Waals surface area contributed by atoms with Gasteiger partial charge < -0.3 is 0 Å². The molecule has 5 heteroatoms. The zero-order valence-corrected chi connectivity index (χ0v) is 16.5. The highest BCUT2D eigenvalue weighted by Crippen LogP contribution is 2.51. The van der Waals surface area contributed by atoms with Crippen LogP contribution < -0.4 is 0 Å². The number of nitrogens with zero attached hydrogens (tertiary/aromatic N) is 4. The largest absolute Gasteiger partial charge is 0.280 e. The van der Waals surface area contributed by atoms with Crippen LogP contribution in [0.25, 0.3) is 5.69 Å². The molecule has 1 saturated carbocycles. The van der Waals surface area contributed by atoms with Crippen LogP contribution in [0.1, 0.15) is 60.9 Å². The lowest BCUT2D eigenvalue weighted by molar-refractivity contribution is 0.659. The fourth-order valence-electron chi connectivity index (χ4n) is 3.86. The monoisotopic (exact) mass is 376 g/mol. The van der Waals surface area contributed by atoms with E-state index in [1.165, 1.54) is 5.56 Å². The minimum Gasteiger partial charge on any atom is -0.280 e. The Labute approximate surface area is 163 Å². The summed E-state index contributed by atoms with van der Waals surface area (Å²) >= 11 is 6.13. The third-order valence-electron chi connectivity index (χ3n) is 5.59. The molecule has 0 unspecified atom stereocenters. The number of rotatable bonds is 2. The summed E-state index contributed by atoms with van der Waals surface area (Å²) in [4.78, 5) is 5.27. The molecule has 0 atom stereocenters. The van der Waals surface area contributed by atoms with E-state index in [1.54, 1.807) is 0 Å². The Morgan fingerprint density at radius 3 is 2.44 bits per heavy atom. The van der Waals surface area contributed by atoms with Gasteiger partial charge in [-0.2, -0.15) is 0 Å². The molecule has 1 aliphatic carbocycles. The van der Waals surface area contributed by atoms with Gasteiger partial charge in [0.2, 0.25) is 0 Å². The van der Waals surface area contributed by atoms with Crippen LogP contribution in [0.3, 0.4) is 0 Å². The number of hydrogen-bond donors (Lipinski definition) is 0. The van der Waals surface area contributed by atoms with Gasteiger partial charge in [0.15, 0.2) is 5.82 Å². The van der Waals surface area contributed by atoms with Gasteiger partial charge in [-0.15, -0.1) is 10.2 Å². The van der Waals surface area contributed by atoms with E-state index < -0.39 is 0 Å². The normalized spacial score (nSPS) is 16.7. The van der Waals surface area contributed by atoms with Crippen molar-refractivity contribution in [2.24, 2.45) is 4.99 Å². The van der Waals surface area contributed by atoms with Crippen molar-refractivity contribution < 1.29 is 0 Å². The van der Waals surface area contributed by atoms with Gasteiger partial charge in [-0.1, -0.05) is 43.6 Å². The Balaban J connectivity index is 1.83. The first-order valence-corrected chi connectivity index (χ1v) is 9.79. The number of aromatic nitrogens is 3. The summed E-state index contributed by atoms with van der Waals surface area (Å²) in [6.07, 6.45) is 2.01. The SMILES string of the molecule is Cc1nnc2n1-c1ccc(C(C)C)cc1C(c1ccc(Cl)cc1)=NC21CC1. The quantitative estimate of drug-likeness (QED) is 0.617. The van der Waals surface area contributed by atoms with Crippen molar-refractivity contribution in [2.45, 2.75) is 45.1 Å². The van der Waals surface area contributed by atoms with Crippen molar-refractivity contribution in [1.29, 1.82) is 0 Å². The van der Waals surface area contributed by atoms with Crippen LogP contribution in [0, 0.1) is 6.92 Å². The molecule has 0 bridgehead atoms. The van der Waals surface area contributed by atoms with Gasteiger partial charge in [-0.05, 0) is 55.5 Å². The predicted octanol–water partition coefficient (Wildman–Crippen LogP) is 5.19. The summed E-state index contributed by atoms with van der Waals surface area (Å²) in [5.41, 5.74) is 5.39. The number of benzene rings is 2. The topological polar surface area (TPSA) is 43.1 Å². The number of hydrogen-bond acceptors (Lipinski definition) is 3. The fraction of sp³-hybridized carbons (Fsp3) is 0.318. The number of fused-ring (bicyclic) bond motifs is 4. The van der Waals surface area contributed by atoms with Crippen molar-refractivity contribution >= 4 is 17.3 Å². The molecule has 2 aromatic carbocycles. The lowest BCUT2D eigenvalue weighted by Gasteiger charge is -2.15. The van der Waals surface area contributed by atoms with Crippen molar-refractivity contribution in [3.8, 4) is 5.69 Å². The van der Waals surface area contributed by atoms with Gasteiger partial charge >= 0.3 is 0 Å². The van der Waals surface area contributed by atoms with Crippen LogP contribution in [0.4, 0.5) is 0 Å². The summed E-state index contributed by atoms with van der Waals surface area (Å²) in [6.45, 7) is 6.45. The number of halogens is 1. The molecule has 27 heavy (non-hydrogen) atoms. The molecule has 2 heterocycles. The Kier molecular flexibility index (Phi) is 3.57. The predicted molar refractivity (Wildman–Crippen MR) is 108 cm³/mol. The van der Waals surface area contributed by atoms with Crippen molar-refractivity contribution in [3.63, 3.8) is 0 Å². The molecular weight excluding hydrogens is 356 g/mol. The van der Waals surface area contributed by atoms with Gasteiger partial charge in [-0.25, -0.2) is 0 Å². The van der Waals surface area contributed by atoms with Crippen LogP contribution in [0.2, 0.25) is 5.02 Å². The molecule has 0 amide bonds. The summed E-state index contributed by atoms with van der Waals surface area (Å²) in [5, 5.41) is 9.62. The summed E-state index contributed by atoms with van der Waals surface area (Å²) in [5.74, 6) is 2.31. The van der Waals surface area contributed by atoms with Crippen molar-refractivity contribution in [2.75, 3.05) is 0 Å². The van der Waals surface area contributed by atoms with E-state index in [0.717, 1.165) is 52.0 Å². The molecule has 136 valence electrons. The Bertz CT molecular complexity index is 1070.